The van der Waals surface area contributed by atoms with Crippen LogP contribution in [0, 0.1) is 13.8 Å². The molecule has 0 bridgehead atoms. The number of nitrogens with one attached hydrogen (secondary N) is 2. The van der Waals surface area contributed by atoms with Crippen molar-refractivity contribution in [2.24, 2.45) is 5.73 Å². The number of methoxy groups -OCH3 is 1. The number of unbranched alkanes of at least 4 members (excludes halogenated alkanes) is 1. The zero-order valence-corrected chi connectivity index (χ0v) is 24.5. The van der Waals surface area contributed by atoms with Gasteiger partial charge in [-0.1, -0.05) is 31.5 Å². The molecule has 2 aromatic carbocycles. The van der Waals surface area contributed by atoms with Crippen LogP contribution in [0.3, 0.4) is 0 Å². The van der Waals surface area contributed by atoms with E-state index in [9.17, 15) is 19.2 Å². The highest BCUT2D eigenvalue weighted by molar-refractivity contribution is 6.00. The number of primary amides is 1. The molecule has 4 amide bonds. The third kappa shape index (κ3) is 9.29. The lowest BCUT2D eigenvalue weighted by molar-refractivity contribution is -0.142. The summed E-state index contributed by atoms with van der Waals surface area (Å²) in [6.45, 7) is 11.0. The summed E-state index contributed by atoms with van der Waals surface area (Å²) >= 11 is 0. The molecule has 10 heteroatoms. The van der Waals surface area contributed by atoms with Crippen LogP contribution in [0.1, 0.15) is 69.7 Å². The largest absolute Gasteiger partial charge is 0.497 e. The van der Waals surface area contributed by atoms with Crippen molar-refractivity contribution < 1.29 is 28.7 Å². The van der Waals surface area contributed by atoms with Crippen molar-refractivity contribution in [1.82, 2.24) is 10.2 Å². The lowest BCUT2D eigenvalue weighted by atomic mass is 9.93. The molecule has 4 N–H and O–H groups in total. The van der Waals surface area contributed by atoms with Gasteiger partial charge >= 0.3 is 6.09 Å². The van der Waals surface area contributed by atoms with Gasteiger partial charge in [-0.15, -0.1) is 0 Å². The monoisotopic (exact) mass is 554 g/mol. The fraction of sp³-hybridized carbons (Fsp3) is 0.467. The second kappa shape index (κ2) is 14.3. The van der Waals surface area contributed by atoms with Crippen molar-refractivity contribution in [2.45, 2.75) is 78.5 Å². The summed E-state index contributed by atoms with van der Waals surface area (Å²) in [6.07, 6.45) is -0.00339. The van der Waals surface area contributed by atoms with Gasteiger partial charge in [0.2, 0.25) is 11.8 Å². The minimum Gasteiger partial charge on any atom is -0.497 e. The average Bonchev–Trinajstić information content (AvgIpc) is 2.86. The number of ether oxygens (including phenoxy) is 2. The Morgan fingerprint density at radius 3 is 2.10 bits per heavy atom. The van der Waals surface area contributed by atoms with Gasteiger partial charge in [-0.05, 0) is 82.0 Å². The summed E-state index contributed by atoms with van der Waals surface area (Å²) < 4.78 is 10.5. The zero-order chi connectivity index (χ0) is 30.0. The maximum atomic E-state index is 14.1. The molecule has 2 aromatic rings. The molecule has 0 aliphatic heterocycles. The Morgan fingerprint density at radius 2 is 1.60 bits per heavy atom. The predicted octanol–water partition coefficient (Wildman–Crippen LogP) is 4.39. The predicted molar refractivity (Wildman–Crippen MR) is 154 cm³/mol. The summed E-state index contributed by atoms with van der Waals surface area (Å²) in [5.74, 6) is -1.21. The molecule has 218 valence electrons. The number of carbonyl (C=O) groups excluding carboxylic acids is 4. The van der Waals surface area contributed by atoms with E-state index >= 15 is 0 Å². The molecule has 0 saturated carbocycles. The van der Waals surface area contributed by atoms with E-state index < -0.39 is 47.9 Å². The van der Waals surface area contributed by atoms with Crippen LogP contribution in [-0.4, -0.2) is 54.0 Å². The van der Waals surface area contributed by atoms with Crippen LogP contribution in [0.2, 0.25) is 0 Å². The highest BCUT2D eigenvalue weighted by atomic mass is 16.6. The molecule has 0 aliphatic carbocycles. The number of rotatable bonds is 12. The molecule has 0 aromatic heterocycles. The number of amides is 4. The molecular formula is C30H42N4O6. The van der Waals surface area contributed by atoms with E-state index in [-0.39, 0.29) is 6.54 Å². The standard InChI is InChI=1S/C30H42N4O6/c1-8-9-17-34(28(37)23(18-24(31)35)33-29(38)40-30(4,5)6)26(25-19(2)11-10-12-20(25)3)27(36)32-21-13-15-22(39-7)16-14-21/h10-16,23,26H,8-9,17-18H2,1-7H3,(H2,31,35)(H,32,36)(H,33,38). The Balaban J connectivity index is 2.59. The van der Waals surface area contributed by atoms with E-state index in [0.717, 1.165) is 17.5 Å². The van der Waals surface area contributed by atoms with E-state index in [1.807, 2.05) is 39.0 Å². The number of alkyl carbamates (subject to hydrolysis) is 1. The second-order valence-corrected chi connectivity index (χ2v) is 10.7. The van der Waals surface area contributed by atoms with Crippen molar-refractivity contribution in [3.8, 4) is 5.75 Å². The minimum atomic E-state index is -1.33. The summed E-state index contributed by atoms with van der Waals surface area (Å²) in [4.78, 5) is 54.1. The smallest absolute Gasteiger partial charge is 0.408 e. The summed E-state index contributed by atoms with van der Waals surface area (Å²) in [7, 11) is 1.55. The number of hydrogen-bond donors (Lipinski definition) is 3. The molecule has 0 heterocycles. The van der Waals surface area contributed by atoms with E-state index in [1.54, 1.807) is 52.1 Å². The molecule has 40 heavy (non-hydrogen) atoms. The Kier molecular flexibility index (Phi) is 11.5. The first kappa shape index (κ1) is 32.1. The van der Waals surface area contributed by atoms with Crippen LogP contribution < -0.4 is 21.1 Å². The van der Waals surface area contributed by atoms with Crippen molar-refractivity contribution >= 4 is 29.5 Å². The van der Waals surface area contributed by atoms with E-state index in [2.05, 4.69) is 10.6 Å². The van der Waals surface area contributed by atoms with E-state index in [4.69, 9.17) is 15.2 Å². The average molecular weight is 555 g/mol. The fourth-order valence-electron chi connectivity index (χ4n) is 4.32. The Labute approximate surface area is 236 Å². The van der Waals surface area contributed by atoms with Crippen LogP contribution in [0.5, 0.6) is 5.75 Å². The quantitative estimate of drug-likeness (QED) is 0.356. The SMILES string of the molecule is CCCCN(C(=O)C(CC(N)=O)NC(=O)OC(C)(C)C)C(C(=O)Nc1ccc(OC)cc1)c1c(C)cccc1C. The summed E-state index contributed by atoms with van der Waals surface area (Å²) in [5, 5.41) is 5.42. The maximum absolute atomic E-state index is 14.1. The molecule has 2 atom stereocenters. The van der Waals surface area contributed by atoms with Gasteiger partial charge in [-0.2, -0.15) is 0 Å². The van der Waals surface area contributed by atoms with Crippen LogP contribution in [0.4, 0.5) is 10.5 Å². The van der Waals surface area contributed by atoms with Crippen LogP contribution in [0.15, 0.2) is 42.5 Å². The fourth-order valence-corrected chi connectivity index (χ4v) is 4.32. The van der Waals surface area contributed by atoms with Gasteiger partial charge in [0.25, 0.3) is 5.91 Å². The molecule has 2 rings (SSSR count). The van der Waals surface area contributed by atoms with Crippen LogP contribution in [0.25, 0.3) is 0 Å². The van der Waals surface area contributed by atoms with Crippen molar-refractivity contribution in [2.75, 3.05) is 19.0 Å². The number of hydrogen-bond acceptors (Lipinski definition) is 6. The van der Waals surface area contributed by atoms with Gasteiger partial charge in [0.1, 0.15) is 23.4 Å². The van der Waals surface area contributed by atoms with Crippen molar-refractivity contribution in [3.63, 3.8) is 0 Å². The number of nitrogens with two attached hydrogens (primary N) is 1. The lowest BCUT2D eigenvalue weighted by Gasteiger charge is -2.35. The van der Waals surface area contributed by atoms with E-state index in [1.165, 1.54) is 4.90 Å². The van der Waals surface area contributed by atoms with Gasteiger partial charge in [0, 0.05) is 12.2 Å². The Hall–Kier alpha value is -4.08. The van der Waals surface area contributed by atoms with Gasteiger partial charge in [0.05, 0.1) is 13.5 Å². The number of carbonyl (C=O) groups is 4. The van der Waals surface area contributed by atoms with E-state index in [0.29, 0.717) is 23.4 Å². The van der Waals surface area contributed by atoms with Gasteiger partial charge in [-0.25, -0.2) is 4.79 Å². The second-order valence-electron chi connectivity index (χ2n) is 10.7. The lowest BCUT2D eigenvalue weighted by Crippen LogP contribution is -2.53. The third-order valence-corrected chi connectivity index (χ3v) is 6.16. The first-order valence-corrected chi connectivity index (χ1v) is 13.4. The van der Waals surface area contributed by atoms with Gasteiger partial charge < -0.3 is 30.7 Å². The Bertz CT molecular complexity index is 1170. The zero-order valence-electron chi connectivity index (χ0n) is 24.5. The Morgan fingerprint density at radius 1 is 1.00 bits per heavy atom. The van der Waals surface area contributed by atoms with Crippen molar-refractivity contribution in [1.29, 1.82) is 0 Å². The molecule has 10 nitrogen and oxygen atoms in total. The number of aryl methyl sites for hydroxylation is 2. The maximum Gasteiger partial charge on any atom is 0.408 e. The summed E-state index contributed by atoms with van der Waals surface area (Å²) in [5.41, 5.74) is 7.45. The number of anilines is 1. The van der Waals surface area contributed by atoms with Gasteiger partial charge in [0.15, 0.2) is 0 Å². The van der Waals surface area contributed by atoms with Gasteiger partial charge in [-0.3, -0.25) is 14.4 Å². The number of nitrogens with zero attached hydrogens (tertiary/aromatic N) is 1. The molecule has 0 aliphatic rings. The molecule has 0 fully saturated rings. The summed E-state index contributed by atoms with van der Waals surface area (Å²) in [6, 6.07) is 10.1. The highest BCUT2D eigenvalue weighted by Gasteiger charge is 2.38. The minimum absolute atomic E-state index is 0.203. The van der Waals surface area contributed by atoms with Crippen LogP contribution >= 0.6 is 0 Å². The topological polar surface area (TPSA) is 140 Å². The molecular weight excluding hydrogens is 512 g/mol. The molecule has 0 saturated heterocycles. The van der Waals surface area contributed by atoms with Crippen LogP contribution in [-0.2, 0) is 19.1 Å². The van der Waals surface area contributed by atoms with Crippen molar-refractivity contribution in [3.05, 3.63) is 59.2 Å². The normalized spacial score (nSPS) is 12.6. The highest BCUT2D eigenvalue weighted by Crippen LogP contribution is 2.30. The molecule has 2 unspecified atom stereocenters. The first-order valence-electron chi connectivity index (χ1n) is 13.4. The third-order valence-electron chi connectivity index (χ3n) is 6.16. The first-order chi connectivity index (χ1) is 18.8. The number of benzene rings is 2. The molecule has 0 spiro atoms. The molecule has 0 radical (unpaired) electrons.